The first-order valence-electron chi connectivity index (χ1n) is 14.2. The number of benzene rings is 1. The van der Waals surface area contributed by atoms with Crippen LogP contribution in [-0.2, 0) is 11.8 Å². The number of piperazine rings is 1. The number of nitrogens with zero attached hydrogens (tertiary/aromatic N) is 8. The van der Waals surface area contributed by atoms with Gasteiger partial charge in [0, 0.05) is 44.9 Å². The number of aromatic nitrogens is 6. The molecule has 220 valence electrons. The summed E-state index contributed by atoms with van der Waals surface area (Å²) in [6.07, 6.45) is 10.5. The van der Waals surface area contributed by atoms with Gasteiger partial charge in [0.05, 0.1) is 23.7 Å². The summed E-state index contributed by atoms with van der Waals surface area (Å²) in [5.74, 6) is 1.38. The van der Waals surface area contributed by atoms with E-state index < -0.39 is 5.82 Å². The summed E-state index contributed by atoms with van der Waals surface area (Å²) in [5.41, 5.74) is 3.10. The van der Waals surface area contributed by atoms with Crippen molar-refractivity contribution < 1.29 is 13.9 Å². The summed E-state index contributed by atoms with van der Waals surface area (Å²) >= 11 is 0. The molecule has 1 saturated carbocycles. The van der Waals surface area contributed by atoms with Crippen molar-refractivity contribution >= 4 is 45.4 Å². The molecule has 7 rings (SSSR count). The highest BCUT2D eigenvalue weighted by Gasteiger charge is 2.21. The van der Waals surface area contributed by atoms with E-state index in [-0.39, 0.29) is 11.6 Å². The van der Waals surface area contributed by atoms with E-state index in [4.69, 9.17) is 9.72 Å². The van der Waals surface area contributed by atoms with E-state index in [1.807, 2.05) is 23.7 Å². The number of fused-ring (bicyclic) bond motifs is 2. The van der Waals surface area contributed by atoms with E-state index in [1.165, 1.54) is 31.7 Å². The fourth-order valence-electron chi connectivity index (χ4n) is 4.67. The number of imidazole rings is 1. The first-order valence-corrected chi connectivity index (χ1v) is 14.2. The number of rotatable bonds is 6. The Morgan fingerprint density at radius 1 is 1.02 bits per heavy atom. The zero-order valence-electron chi connectivity index (χ0n) is 24.1. The second kappa shape index (κ2) is 12.0. The predicted molar refractivity (Wildman–Crippen MR) is 163 cm³/mol. The number of nitrogens with one attached hydrogen (secondary N) is 1. The number of aryl methyl sites for hydroxylation is 1. The van der Waals surface area contributed by atoms with Crippen molar-refractivity contribution in [3.05, 3.63) is 73.2 Å². The third-order valence-electron chi connectivity index (χ3n) is 7.25. The standard InChI is InChI=1S/C28H26FN9O2.C3H6/c1-4-24(39)38-11-9-37(10-12-38)23-8-6-20-26(35-23)27(32-15-31-20)34-19-5-7-22(17(2)25(19)29)40-18-13-21-28(30-14-18)36(3)16-33-21;1-2-3-1/h4-8,13-16H,1,9-12H2,2-3H3,(H,31,32,34);1-3H2. The molecule has 5 heterocycles. The van der Waals surface area contributed by atoms with Crippen LogP contribution in [0.1, 0.15) is 24.8 Å². The number of pyridine rings is 2. The van der Waals surface area contributed by atoms with Crippen molar-refractivity contribution in [1.29, 1.82) is 0 Å². The fourth-order valence-corrected chi connectivity index (χ4v) is 4.67. The van der Waals surface area contributed by atoms with Gasteiger partial charge < -0.3 is 24.4 Å². The van der Waals surface area contributed by atoms with E-state index in [9.17, 15) is 4.79 Å². The molecule has 0 unspecified atom stereocenters. The van der Waals surface area contributed by atoms with Crippen molar-refractivity contribution in [2.45, 2.75) is 26.2 Å². The van der Waals surface area contributed by atoms with Crippen LogP contribution in [-0.4, -0.2) is 66.5 Å². The first-order chi connectivity index (χ1) is 20.9. The highest BCUT2D eigenvalue weighted by Crippen LogP contribution is 2.33. The Balaban J connectivity index is 0.00000103. The number of carbonyl (C=O) groups excluding carboxylic acids is 1. The molecule has 1 amide bonds. The summed E-state index contributed by atoms with van der Waals surface area (Å²) in [7, 11) is 1.86. The van der Waals surface area contributed by atoms with Crippen molar-refractivity contribution in [3.63, 3.8) is 0 Å². The lowest BCUT2D eigenvalue weighted by atomic mass is 10.1. The summed E-state index contributed by atoms with van der Waals surface area (Å²) in [6, 6.07) is 8.79. The predicted octanol–water partition coefficient (Wildman–Crippen LogP) is 5.29. The van der Waals surface area contributed by atoms with E-state index in [0.717, 1.165) is 11.5 Å². The molecule has 43 heavy (non-hydrogen) atoms. The Kier molecular flexibility index (Phi) is 7.82. The minimum Gasteiger partial charge on any atom is -0.455 e. The lowest BCUT2D eigenvalue weighted by molar-refractivity contribution is -0.126. The number of hydrogen-bond acceptors (Lipinski definition) is 9. The van der Waals surface area contributed by atoms with Crippen LogP contribution in [0.2, 0.25) is 0 Å². The smallest absolute Gasteiger partial charge is 0.246 e. The zero-order chi connectivity index (χ0) is 29.9. The van der Waals surface area contributed by atoms with E-state index >= 15 is 4.39 Å². The highest BCUT2D eigenvalue weighted by atomic mass is 19.1. The van der Waals surface area contributed by atoms with Crippen LogP contribution < -0.4 is 15.0 Å². The Morgan fingerprint density at radius 2 is 1.81 bits per heavy atom. The molecule has 12 heteroatoms. The molecule has 5 aromatic rings. The van der Waals surface area contributed by atoms with Gasteiger partial charge in [0.15, 0.2) is 17.3 Å². The van der Waals surface area contributed by atoms with Crippen LogP contribution in [0.25, 0.3) is 22.2 Å². The molecule has 2 fully saturated rings. The third kappa shape index (κ3) is 6.08. The lowest BCUT2D eigenvalue weighted by Gasteiger charge is -2.35. The quantitative estimate of drug-likeness (QED) is 0.267. The second-order valence-electron chi connectivity index (χ2n) is 10.5. The Labute approximate surface area is 248 Å². The van der Waals surface area contributed by atoms with Gasteiger partial charge in [-0.25, -0.2) is 29.3 Å². The molecular weight excluding hydrogens is 549 g/mol. The van der Waals surface area contributed by atoms with Gasteiger partial charge in [-0.05, 0) is 37.3 Å². The normalized spacial score (nSPS) is 14.3. The molecule has 1 saturated heterocycles. The summed E-state index contributed by atoms with van der Waals surface area (Å²) in [6.45, 7) is 7.62. The summed E-state index contributed by atoms with van der Waals surface area (Å²) < 4.78 is 23.3. The third-order valence-corrected chi connectivity index (χ3v) is 7.25. The molecule has 0 bridgehead atoms. The number of carbonyl (C=O) groups is 1. The van der Waals surface area contributed by atoms with Gasteiger partial charge in [-0.3, -0.25) is 4.79 Å². The molecule has 0 atom stereocenters. The second-order valence-corrected chi connectivity index (χ2v) is 10.5. The van der Waals surface area contributed by atoms with Crippen LogP contribution in [0, 0.1) is 12.7 Å². The molecule has 1 aromatic carbocycles. The highest BCUT2D eigenvalue weighted by molar-refractivity contribution is 5.89. The van der Waals surface area contributed by atoms with Crippen LogP contribution in [0.5, 0.6) is 11.5 Å². The van der Waals surface area contributed by atoms with Crippen LogP contribution in [0.15, 0.2) is 61.8 Å². The van der Waals surface area contributed by atoms with Crippen LogP contribution in [0.3, 0.4) is 0 Å². The summed E-state index contributed by atoms with van der Waals surface area (Å²) in [5, 5.41) is 3.08. The molecule has 1 N–H and O–H groups in total. The van der Waals surface area contributed by atoms with Crippen LogP contribution >= 0.6 is 0 Å². The Morgan fingerprint density at radius 3 is 2.56 bits per heavy atom. The van der Waals surface area contributed by atoms with E-state index in [2.05, 4.69) is 36.7 Å². The zero-order valence-corrected chi connectivity index (χ0v) is 24.1. The topological polar surface area (TPSA) is 114 Å². The molecular formula is C31H32FN9O2. The van der Waals surface area contributed by atoms with Crippen molar-refractivity contribution in [3.8, 4) is 11.5 Å². The van der Waals surface area contributed by atoms with Crippen molar-refractivity contribution in [1.82, 2.24) is 34.4 Å². The molecule has 11 nitrogen and oxygen atoms in total. The largest absolute Gasteiger partial charge is 0.455 e. The van der Waals surface area contributed by atoms with Gasteiger partial charge in [0.25, 0.3) is 0 Å². The molecule has 4 aromatic heterocycles. The number of hydrogen-bond donors (Lipinski definition) is 1. The van der Waals surface area contributed by atoms with Crippen molar-refractivity contribution in [2.24, 2.45) is 7.05 Å². The number of ether oxygens (including phenoxy) is 1. The molecule has 0 radical (unpaired) electrons. The SMILES string of the molecule is C1CC1.C=CC(=O)N1CCN(c2ccc3ncnc(Nc4ccc(Oc5cnc6c(c5)ncn6C)c(C)c4F)c3n2)CC1. The van der Waals surface area contributed by atoms with Gasteiger partial charge in [-0.1, -0.05) is 25.8 Å². The van der Waals surface area contributed by atoms with Gasteiger partial charge in [-0.2, -0.15) is 0 Å². The molecule has 2 aliphatic rings. The van der Waals surface area contributed by atoms with Crippen molar-refractivity contribution in [2.75, 3.05) is 36.4 Å². The Hall–Kier alpha value is -5.13. The van der Waals surface area contributed by atoms with Gasteiger partial charge >= 0.3 is 0 Å². The van der Waals surface area contributed by atoms with Crippen LogP contribution in [0.4, 0.5) is 21.7 Å². The maximum Gasteiger partial charge on any atom is 0.246 e. The maximum atomic E-state index is 15.5. The van der Waals surface area contributed by atoms with Gasteiger partial charge in [0.2, 0.25) is 5.91 Å². The lowest BCUT2D eigenvalue weighted by Crippen LogP contribution is -2.48. The number of halogens is 1. The molecule has 1 aliphatic carbocycles. The minimum atomic E-state index is -0.477. The fraction of sp³-hybridized carbons (Fsp3) is 0.290. The average molecular weight is 582 g/mol. The number of amides is 1. The summed E-state index contributed by atoms with van der Waals surface area (Å²) in [4.78, 5) is 37.9. The maximum absolute atomic E-state index is 15.5. The van der Waals surface area contributed by atoms with Gasteiger partial charge in [-0.15, -0.1) is 0 Å². The Bertz CT molecular complexity index is 1810. The average Bonchev–Trinajstić information content (AvgIpc) is 3.89. The van der Waals surface area contributed by atoms with E-state index in [1.54, 1.807) is 42.5 Å². The van der Waals surface area contributed by atoms with E-state index in [0.29, 0.717) is 65.6 Å². The first kappa shape index (κ1) is 28.0. The molecule has 0 spiro atoms. The monoisotopic (exact) mass is 581 g/mol. The minimum absolute atomic E-state index is 0.0781. The van der Waals surface area contributed by atoms with Gasteiger partial charge in [0.1, 0.15) is 34.7 Å². The number of anilines is 3. The molecule has 1 aliphatic heterocycles.